The Balaban J connectivity index is 0.000001000. The van der Waals surface area contributed by atoms with Crippen molar-refractivity contribution in [2.75, 3.05) is 12.8 Å². The molecule has 0 spiro atoms. The number of nitrogens with two attached hydrogens (primary N) is 1. The van der Waals surface area contributed by atoms with Crippen molar-refractivity contribution in [1.82, 2.24) is 0 Å². The van der Waals surface area contributed by atoms with Gasteiger partial charge in [0.25, 0.3) is 0 Å². The number of rotatable bonds is 1. The van der Waals surface area contributed by atoms with Crippen LogP contribution in [-0.2, 0) is 0 Å². The average molecular weight is 194 g/mol. The molecule has 0 aliphatic rings. The summed E-state index contributed by atoms with van der Waals surface area (Å²) in [7, 11) is 1.57. The third kappa shape index (κ3) is 2.48. The van der Waals surface area contributed by atoms with E-state index in [0.29, 0.717) is 16.5 Å². The van der Waals surface area contributed by atoms with Gasteiger partial charge in [-0.3, -0.25) is 0 Å². The van der Waals surface area contributed by atoms with Crippen LogP contribution in [0.3, 0.4) is 0 Å². The molecule has 62 valence electrons. The van der Waals surface area contributed by atoms with Crippen molar-refractivity contribution in [1.29, 1.82) is 0 Å². The zero-order chi connectivity index (χ0) is 7.56. The van der Waals surface area contributed by atoms with Gasteiger partial charge < -0.3 is 10.5 Å². The van der Waals surface area contributed by atoms with Crippen LogP contribution in [0.25, 0.3) is 0 Å². The summed E-state index contributed by atoms with van der Waals surface area (Å²) in [4.78, 5) is 0. The number of methoxy groups -OCH3 is 1. The Hall–Kier alpha value is -0.600. The fraction of sp³-hybridized carbons (Fsp3) is 0.143. The van der Waals surface area contributed by atoms with E-state index in [1.54, 1.807) is 25.3 Å². The second-order valence-corrected chi connectivity index (χ2v) is 2.30. The highest BCUT2D eigenvalue weighted by atomic mass is 35.5. The minimum Gasteiger partial charge on any atom is -0.495 e. The van der Waals surface area contributed by atoms with Gasteiger partial charge in [-0.1, -0.05) is 11.6 Å². The lowest BCUT2D eigenvalue weighted by Gasteiger charge is -2.01. The molecule has 0 bridgehead atoms. The van der Waals surface area contributed by atoms with Crippen molar-refractivity contribution >= 4 is 29.7 Å². The minimum absolute atomic E-state index is 0. The molecule has 1 aromatic carbocycles. The fourth-order valence-corrected chi connectivity index (χ4v) is 0.949. The molecule has 0 saturated carbocycles. The van der Waals surface area contributed by atoms with Gasteiger partial charge in [0.1, 0.15) is 5.75 Å². The van der Waals surface area contributed by atoms with Gasteiger partial charge in [-0.15, -0.1) is 12.4 Å². The van der Waals surface area contributed by atoms with Crippen LogP contribution in [0.15, 0.2) is 18.2 Å². The van der Waals surface area contributed by atoms with Crippen molar-refractivity contribution < 1.29 is 4.74 Å². The zero-order valence-corrected chi connectivity index (χ0v) is 7.58. The monoisotopic (exact) mass is 193 g/mol. The highest BCUT2D eigenvalue weighted by Crippen LogP contribution is 2.25. The Morgan fingerprint density at radius 2 is 2.09 bits per heavy atom. The maximum absolute atomic E-state index is 5.72. The molecule has 0 heterocycles. The summed E-state index contributed by atoms with van der Waals surface area (Å²) in [5.74, 6) is 0.649. The summed E-state index contributed by atoms with van der Waals surface area (Å²) in [5.41, 5.74) is 6.09. The lowest BCUT2D eigenvalue weighted by Crippen LogP contribution is -1.87. The third-order valence-corrected chi connectivity index (χ3v) is 1.47. The molecular weight excluding hydrogens is 185 g/mol. The van der Waals surface area contributed by atoms with Gasteiger partial charge in [-0.05, 0) is 18.2 Å². The Labute approximate surface area is 76.7 Å². The van der Waals surface area contributed by atoms with Crippen molar-refractivity contribution in [3.63, 3.8) is 0 Å². The van der Waals surface area contributed by atoms with Gasteiger partial charge in [0.15, 0.2) is 0 Å². The number of anilines is 1. The van der Waals surface area contributed by atoms with Gasteiger partial charge in [-0.2, -0.15) is 0 Å². The first-order chi connectivity index (χ1) is 4.74. The molecule has 1 aromatic rings. The predicted octanol–water partition coefficient (Wildman–Crippen LogP) is 2.35. The van der Waals surface area contributed by atoms with Crippen LogP contribution in [0, 0.1) is 0 Å². The SMILES string of the molecule is COc1ccc(N)cc1Cl.Cl. The van der Waals surface area contributed by atoms with Gasteiger partial charge >= 0.3 is 0 Å². The molecule has 0 aromatic heterocycles. The summed E-state index contributed by atoms with van der Waals surface area (Å²) in [6, 6.07) is 5.13. The third-order valence-electron chi connectivity index (χ3n) is 1.18. The van der Waals surface area contributed by atoms with E-state index >= 15 is 0 Å². The number of nitrogen functional groups attached to an aromatic ring is 1. The molecule has 0 radical (unpaired) electrons. The molecule has 2 N–H and O–H groups in total. The number of hydrogen-bond donors (Lipinski definition) is 1. The quantitative estimate of drug-likeness (QED) is 0.696. The highest BCUT2D eigenvalue weighted by molar-refractivity contribution is 6.32. The smallest absolute Gasteiger partial charge is 0.137 e. The van der Waals surface area contributed by atoms with E-state index in [4.69, 9.17) is 22.1 Å². The molecule has 11 heavy (non-hydrogen) atoms. The van der Waals surface area contributed by atoms with Crippen LogP contribution in [-0.4, -0.2) is 7.11 Å². The summed E-state index contributed by atoms with van der Waals surface area (Å²) < 4.78 is 4.91. The average Bonchev–Trinajstić information content (AvgIpc) is 1.88. The van der Waals surface area contributed by atoms with Crippen LogP contribution in [0.5, 0.6) is 5.75 Å². The van der Waals surface area contributed by atoms with Crippen molar-refractivity contribution in [2.24, 2.45) is 0 Å². The van der Waals surface area contributed by atoms with E-state index in [9.17, 15) is 0 Å². The van der Waals surface area contributed by atoms with Crippen LogP contribution in [0.1, 0.15) is 0 Å². The van der Waals surface area contributed by atoms with Gasteiger partial charge in [0, 0.05) is 5.69 Å². The summed E-state index contributed by atoms with van der Waals surface area (Å²) >= 11 is 5.72. The highest BCUT2D eigenvalue weighted by Gasteiger charge is 1.97. The Kier molecular flexibility index (Phi) is 4.08. The molecule has 0 aliphatic heterocycles. The molecule has 2 nitrogen and oxygen atoms in total. The number of benzene rings is 1. The summed E-state index contributed by atoms with van der Waals surface area (Å²) in [6.07, 6.45) is 0. The van der Waals surface area contributed by atoms with Gasteiger partial charge in [-0.25, -0.2) is 0 Å². The van der Waals surface area contributed by atoms with Crippen LogP contribution >= 0.6 is 24.0 Å². The maximum Gasteiger partial charge on any atom is 0.137 e. The van der Waals surface area contributed by atoms with Crippen LogP contribution < -0.4 is 10.5 Å². The lowest BCUT2D eigenvalue weighted by molar-refractivity contribution is 0.415. The maximum atomic E-state index is 5.72. The first-order valence-electron chi connectivity index (χ1n) is 2.83. The predicted molar refractivity (Wildman–Crippen MR) is 49.7 cm³/mol. The molecule has 0 aliphatic carbocycles. The molecule has 4 heteroatoms. The second-order valence-electron chi connectivity index (χ2n) is 1.89. The molecule has 0 fully saturated rings. The number of halogens is 2. The topological polar surface area (TPSA) is 35.2 Å². The number of ether oxygens (including phenoxy) is 1. The Morgan fingerprint density at radius 3 is 2.55 bits per heavy atom. The van der Waals surface area contributed by atoms with Crippen LogP contribution in [0.4, 0.5) is 5.69 Å². The van der Waals surface area contributed by atoms with Crippen LogP contribution in [0.2, 0.25) is 5.02 Å². The van der Waals surface area contributed by atoms with E-state index in [-0.39, 0.29) is 12.4 Å². The van der Waals surface area contributed by atoms with Gasteiger partial charge in [0.05, 0.1) is 12.1 Å². The zero-order valence-electron chi connectivity index (χ0n) is 6.00. The van der Waals surface area contributed by atoms with E-state index < -0.39 is 0 Å². The van der Waals surface area contributed by atoms with Crippen molar-refractivity contribution in [3.8, 4) is 5.75 Å². The molecule has 0 saturated heterocycles. The van der Waals surface area contributed by atoms with Crippen molar-refractivity contribution in [2.45, 2.75) is 0 Å². The lowest BCUT2D eigenvalue weighted by atomic mass is 10.3. The summed E-state index contributed by atoms with van der Waals surface area (Å²) in [6.45, 7) is 0. The van der Waals surface area contributed by atoms with Crippen molar-refractivity contribution in [3.05, 3.63) is 23.2 Å². The largest absolute Gasteiger partial charge is 0.495 e. The second kappa shape index (κ2) is 4.31. The molecule has 0 atom stereocenters. The first-order valence-corrected chi connectivity index (χ1v) is 3.21. The molecule has 1 rings (SSSR count). The van der Waals surface area contributed by atoms with E-state index in [1.807, 2.05) is 0 Å². The fourth-order valence-electron chi connectivity index (χ4n) is 0.683. The summed E-state index contributed by atoms with van der Waals surface area (Å²) in [5, 5.41) is 0.544. The number of hydrogen-bond acceptors (Lipinski definition) is 2. The minimum atomic E-state index is 0. The van der Waals surface area contributed by atoms with E-state index in [1.165, 1.54) is 0 Å². The molecule has 0 amide bonds. The standard InChI is InChI=1S/C7H8ClNO.ClH/c1-10-7-3-2-5(9)4-6(7)8;/h2-4H,9H2,1H3;1H. The molecular formula is C7H9Cl2NO. The normalized spacial score (nSPS) is 8.55. The Bertz CT molecular complexity index is 240. The molecule has 0 unspecified atom stereocenters. The van der Waals surface area contributed by atoms with Gasteiger partial charge in [0.2, 0.25) is 0 Å². The van der Waals surface area contributed by atoms with E-state index in [2.05, 4.69) is 0 Å². The van der Waals surface area contributed by atoms with E-state index in [0.717, 1.165) is 0 Å². The first kappa shape index (κ1) is 10.4. The Morgan fingerprint density at radius 1 is 1.45 bits per heavy atom.